The number of carbonyl (C=O) groups is 4. The molecule has 0 bridgehead atoms. The molecule has 1 heterocycles. The maximum Gasteiger partial charge on any atom is 0.223 e. The zero-order valence-electron chi connectivity index (χ0n) is 33.2. The van der Waals surface area contributed by atoms with Gasteiger partial charge in [0.2, 0.25) is 5.91 Å². The standard InChI is InChI=1S/C44H81NO4/c1-5-9-13-17-21-25-29-33-40(46)39-37-38-45(43(49)36-32-28-24-20-16-12-8-4)44(39,41(47)34-30-26-22-18-14-10-6-2)42(48)35-31-27-23-19-15-11-7-3/h39H,5-38H2,1-4H3. The fourth-order valence-electron chi connectivity index (χ4n) is 8.06. The Kier molecular flexibility index (Phi) is 28.0. The smallest absolute Gasteiger partial charge is 0.223 e. The van der Waals surface area contributed by atoms with E-state index >= 15 is 0 Å². The van der Waals surface area contributed by atoms with Crippen LogP contribution in [0.15, 0.2) is 0 Å². The molecule has 0 aliphatic carbocycles. The second-order valence-electron chi connectivity index (χ2n) is 15.5. The van der Waals surface area contributed by atoms with E-state index in [9.17, 15) is 19.2 Å². The number of rotatable bonds is 35. The summed E-state index contributed by atoms with van der Waals surface area (Å²) in [6, 6.07) is 0. The number of hydrogen-bond acceptors (Lipinski definition) is 4. The zero-order chi connectivity index (χ0) is 36.0. The van der Waals surface area contributed by atoms with Gasteiger partial charge in [0.15, 0.2) is 17.1 Å². The van der Waals surface area contributed by atoms with Crippen molar-refractivity contribution in [1.29, 1.82) is 0 Å². The molecule has 1 unspecified atom stereocenters. The summed E-state index contributed by atoms with van der Waals surface area (Å²) in [6.45, 7) is 9.23. The van der Waals surface area contributed by atoms with Crippen LogP contribution in [0.4, 0.5) is 0 Å². The molecule has 49 heavy (non-hydrogen) atoms. The summed E-state index contributed by atoms with van der Waals surface area (Å²) in [5.74, 6) is -1.00. The molecule has 0 spiro atoms. The normalized spacial score (nSPS) is 15.6. The second kappa shape index (κ2) is 30.1. The summed E-state index contributed by atoms with van der Waals surface area (Å²) in [5, 5.41) is 0. The molecule has 1 saturated heterocycles. The monoisotopic (exact) mass is 688 g/mol. The van der Waals surface area contributed by atoms with Crippen molar-refractivity contribution in [2.75, 3.05) is 6.54 Å². The van der Waals surface area contributed by atoms with E-state index in [1.54, 1.807) is 4.90 Å². The van der Waals surface area contributed by atoms with Crippen molar-refractivity contribution >= 4 is 23.3 Å². The minimum Gasteiger partial charge on any atom is -0.323 e. The van der Waals surface area contributed by atoms with Gasteiger partial charge in [0.1, 0.15) is 5.78 Å². The van der Waals surface area contributed by atoms with Crippen LogP contribution in [0.2, 0.25) is 0 Å². The number of amides is 1. The van der Waals surface area contributed by atoms with E-state index in [2.05, 4.69) is 27.7 Å². The minimum atomic E-state index is -1.58. The third-order valence-corrected chi connectivity index (χ3v) is 11.1. The first-order chi connectivity index (χ1) is 23.9. The Morgan fingerprint density at radius 1 is 0.429 bits per heavy atom. The van der Waals surface area contributed by atoms with Gasteiger partial charge in [-0.3, -0.25) is 19.2 Å². The van der Waals surface area contributed by atoms with Gasteiger partial charge < -0.3 is 4.90 Å². The quantitative estimate of drug-likeness (QED) is 0.0491. The van der Waals surface area contributed by atoms with E-state index in [0.717, 1.165) is 77.0 Å². The summed E-state index contributed by atoms with van der Waals surface area (Å²) in [7, 11) is 0. The Morgan fingerprint density at radius 3 is 1.10 bits per heavy atom. The van der Waals surface area contributed by atoms with Gasteiger partial charge in [-0.15, -0.1) is 0 Å². The van der Waals surface area contributed by atoms with Gasteiger partial charge in [0.05, 0.1) is 5.92 Å². The van der Waals surface area contributed by atoms with Gasteiger partial charge in [-0.1, -0.05) is 182 Å². The lowest BCUT2D eigenvalue weighted by Gasteiger charge is -2.40. The predicted molar refractivity (Wildman–Crippen MR) is 208 cm³/mol. The number of Topliss-reactive ketones (excluding diaryl/α,β-unsaturated/α-hetero) is 3. The zero-order valence-corrected chi connectivity index (χ0v) is 33.2. The van der Waals surface area contributed by atoms with Crippen molar-refractivity contribution in [3.05, 3.63) is 0 Å². The number of unbranched alkanes of at least 4 members (excludes halogenated alkanes) is 24. The second-order valence-corrected chi connectivity index (χ2v) is 15.5. The van der Waals surface area contributed by atoms with Gasteiger partial charge in [0, 0.05) is 32.2 Å². The summed E-state index contributed by atoms with van der Waals surface area (Å²) >= 11 is 0. The van der Waals surface area contributed by atoms with Crippen LogP contribution in [0.1, 0.15) is 240 Å². The van der Waals surface area contributed by atoms with Crippen LogP contribution in [0.3, 0.4) is 0 Å². The molecule has 0 aromatic heterocycles. The van der Waals surface area contributed by atoms with Gasteiger partial charge in [-0.25, -0.2) is 0 Å². The van der Waals surface area contributed by atoms with E-state index in [-0.39, 0.29) is 23.3 Å². The average Bonchev–Trinajstić information content (AvgIpc) is 3.51. The lowest BCUT2D eigenvalue weighted by molar-refractivity contribution is -0.156. The molecule has 0 aromatic rings. The molecule has 1 aliphatic rings. The van der Waals surface area contributed by atoms with E-state index < -0.39 is 11.5 Å². The highest BCUT2D eigenvalue weighted by Crippen LogP contribution is 2.42. The van der Waals surface area contributed by atoms with Crippen LogP contribution >= 0.6 is 0 Å². The van der Waals surface area contributed by atoms with Crippen LogP contribution in [0, 0.1) is 5.92 Å². The highest BCUT2D eigenvalue weighted by Gasteiger charge is 2.61. The van der Waals surface area contributed by atoms with Gasteiger partial charge in [0.25, 0.3) is 0 Å². The van der Waals surface area contributed by atoms with Crippen molar-refractivity contribution in [2.45, 2.75) is 245 Å². The lowest BCUT2D eigenvalue weighted by Crippen LogP contribution is -2.63. The molecular formula is C44H81NO4. The molecule has 1 fully saturated rings. The first-order valence-electron chi connectivity index (χ1n) is 21.8. The fourth-order valence-corrected chi connectivity index (χ4v) is 8.06. The molecule has 1 aliphatic heterocycles. The Bertz CT molecular complexity index is 797. The molecule has 5 nitrogen and oxygen atoms in total. The minimum absolute atomic E-state index is 0.0422. The van der Waals surface area contributed by atoms with Gasteiger partial charge in [-0.05, 0) is 32.1 Å². The summed E-state index contributed by atoms with van der Waals surface area (Å²) < 4.78 is 0. The number of ketones is 3. The molecule has 286 valence electrons. The molecule has 0 aromatic carbocycles. The van der Waals surface area contributed by atoms with Crippen LogP contribution in [-0.2, 0) is 19.2 Å². The number of hydrogen-bond donors (Lipinski definition) is 0. The predicted octanol–water partition coefficient (Wildman–Crippen LogP) is 12.8. The lowest BCUT2D eigenvalue weighted by atomic mass is 9.71. The fraction of sp³-hybridized carbons (Fsp3) is 0.909. The van der Waals surface area contributed by atoms with Crippen LogP contribution in [0.5, 0.6) is 0 Å². The van der Waals surface area contributed by atoms with E-state index in [0.29, 0.717) is 38.6 Å². The Hall–Kier alpha value is -1.52. The van der Waals surface area contributed by atoms with E-state index in [1.807, 2.05) is 0 Å². The maximum atomic E-state index is 14.6. The van der Waals surface area contributed by atoms with E-state index in [1.165, 1.54) is 103 Å². The number of carbonyl (C=O) groups excluding carboxylic acids is 4. The molecular weight excluding hydrogens is 606 g/mol. The summed E-state index contributed by atoms with van der Waals surface area (Å²) in [6.07, 6.45) is 32.7. The average molecular weight is 688 g/mol. The topological polar surface area (TPSA) is 71.5 Å². The highest BCUT2D eigenvalue weighted by molar-refractivity contribution is 6.17. The van der Waals surface area contributed by atoms with Crippen LogP contribution in [-0.4, -0.2) is 40.2 Å². The first-order valence-corrected chi connectivity index (χ1v) is 21.8. The summed E-state index contributed by atoms with van der Waals surface area (Å²) in [4.78, 5) is 58.9. The van der Waals surface area contributed by atoms with Gasteiger partial charge in [-0.2, -0.15) is 0 Å². The van der Waals surface area contributed by atoms with Crippen molar-refractivity contribution in [1.82, 2.24) is 4.90 Å². The Labute approximate surface area is 304 Å². The van der Waals surface area contributed by atoms with Crippen molar-refractivity contribution in [2.24, 2.45) is 5.92 Å². The Morgan fingerprint density at radius 2 is 0.735 bits per heavy atom. The third-order valence-electron chi connectivity index (χ3n) is 11.1. The number of nitrogens with zero attached hydrogens (tertiary/aromatic N) is 1. The molecule has 1 rings (SSSR count). The molecule has 1 amide bonds. The molecule has 0 radical (unpaired) electrons. The number of likely N-dealkylation sites (tertiary alicyclic amines) is 1. The first kappa shape index (κ1) is 45.5. The van der Waals surface area contributed by atoms with Gasteiger partial charge >= 0.3 is 0 Å². The van der Waals surface area contributed by atoms with E-state index in [4.69, 9.17) is 0 Å². The Balaban J connectivity index is 3.16. The van der Waals surface area contributed by atoms with Crippen molar-refractivity contribution in [3.8, 4) is 0 Å². The third kappa shape index (κ3) is 18.0. The highest BCUT2D eigenvalue weighted by atomic mass is 16.2. The molecule has 5 heteroatoms. The molecule has 0 saturated carbocycles. The summed E-state index contributed by atoms with van der Waals surface area (Å²) in [5.41, 5.74) is -1.58. The molecule has 0 N–H and O–H groups in total. The SMILES string of the molecule is CCCCCCCCCC(=O)C1CCN(C(=O)CCCCCCCCC)C1(C(=O)CCCCCCCCC)C(=O)CCCCCCCCC. The van der Waals surface area contributed by atoms with Crippen molar-refractivity contribution < 1.29 is 19.2 Å². The maximum absolute atomic E-state index is 14.6. The molecule has 1 atom stereocenters. The van der Waals surface area contributed by atoms with Crippen molar-refractivity contribution in [3.63, 3.8) is 0 Å². The van der Waals surface area contributed by atoms with Crippen LogP contribution in [0.25, 0.3) is 0 Å². The largest absolute Gasteiger partial charge is 0.323 e. The van der Waals surface area contributed by atoms with Crippen LogP contribution < -0.4 is 0 Å².